The largest absolute Gasteiger partial charge is 0.338 e. The molecule has 1 heterocycles. The average molecular weight is 350 g/mol. The van der Waals surface area contributed by atoms with Crippen LogP contribution in [0.3, 0.4) is 0 Å². The monoisotopic (exact) mass is 350 g/mol. The van der Waals surface area contributed by atoms with Gasteiger partial charge in [0.05, 0.1) is 5.92 Å². The first kappa shape index (κ1) is 18.2. The Morgan fingerprint density at radius 1 is 1.08 bits per heavy atom. The van der Waals surface area contributed by atoms with Crippen LogP contribution in [0.2, 0.25) is 0 Å². The third-order valence-corrected chi connectivity index (χ3v) is 5.20. The van der Waals surface area contributed by atoms with Crippen molar-refractivity contribution in [3.05, 3.63) is 64.7 Å². The molecule has 4 heteroatoms. The highest BCUT2D eigenvalue weighted by molar-refractivity contribution is 5.98. The van der Waals surface area contributed by atoms with E-state index in [1.165, 1.54) is 5.56 Å². The van der Waals surface area contributed by atoms with E-state index in [-0.39, 0.29) is 24.2 Å². The summed E-state index contributed by atoms with van der Waals surface area (Å²) in [4.78, 5) is 26.9. The second kappa shape index (κ2) is 7.73. The van der Waals surface area contributed by atoms with Crippen molar-refractivity contribution in [2.75, 3.05) is 11.9 Å². The van der Waals surface area contributed by atoms with Crippen LogP contribution in [0.25, 0.3) is 0 Å². The number of hydrogen-bond acceptors (Lipinski definition) is 2. The van der Waals surface area contributed by atoms with Gasteiger partial charge >= 0.3 is 0 Å². The first-order valence-corrected chi connectivity index (χ1v) is 9.21. The van der Waals surface area contributed by atoms with Gasteiger partial charge in [-0.25, -0.2) is 0 Å². The van der Waals surface area contributed by atoms with Crippen LogP contribution in [-0.4, -0.2) is 23.3 Å². The maximum atomic E-state index is 12.8. The van der Waals surface area contributed by atoms with E-state index >= 15 is 0 Å². The number of carbonyl (C=O) groups excluding carboxylic acids is 2. The summed E-state index contributed by atoms with van der Waals surface area (Å²) in [5.74, 6) is -0.306. The molecule has 2 aromatic rings. The predicted octanol–water partition coefficient (Wildman–Crippen LogP) is 3.85. The summed E-state index contributed by atoms with van der Waals surface area (Å²) in [5.41, 5.74) is 5.37. The number of para-hydroxylation sites is 1. The summed E-state index contributed by atoms with van der Waals surface area (Å²) in [6, 6.07) is 14.1. The van der Waals surface area contributed by atoms with Crippen LogP contribution >= 0.6 is 0 Å². The van der Waals surface area contributed by atoms with E-state index in [1.54, 1.807) is 4.90 Å². The SMILES string of the molecule is CCc1cccc(C)c1NC(=O)C1CC(=O)N(Cc2ccccc2C)C1. The predicted molar refractivity (Wildman–Crippen MR) is 104 cm³/mol. The van der Waals surface area contributed by atoms with Crippen LogP contribution < -0.4 is 5.32 Å². The van der Waals surface area contributed by atoms with Gasteiger partial charge in [0, 0.05) is 25.2 Å². The van der Waals surface area contributed by atoms with Crippen LogP contribution in [0.5, 0.6) is 0 Å². The maximum Gasteiger partial charge on any atom is 0.229 e. The smallest absolute Gasteiger partial charge is 0.229 e. The van der Waals surface area contributed by atoms with Crippen molar-refractivity contribution in [1.82, 2.24) is 4.90 Å². The summed E-state index contributed by atoms with van der Waals surface area (Å²) in [5, 5.41) is 3.07. The number of anilines is 1. The molecule has 1 aliphatic rings. The molecule has 0 aliphatic carbocycles. The van der Waals surface area contributed by atoms with Crippen molar-refractivity contribution in [2.45, 2.75) is 40.2 Å². The molecule has 2 aromatic carbocycles. The molecule has 0 bridgehead atoms. The third-order valence-electron chi connectivity index (χ3n) is 5.20. The molecule has 0 radical (unpaired) electrons. The second-order valence-corrected chi connectivity index (χ2v) is 7.05. The van der Waals surface area contributed by atoms with Gasteiger partial charge in [-0.1, -0.05) is 49.4 Å². The lowest BCUT2D eigenvalue weighted by molar-refractivity contribution is -0.128. The molecule has 1 atom stereocenters. The Labute approximate surface area is 155 Å². The molecule has 4 nitrogen and oxygen atoms in total. The minimum Gasteiger partial charge on any atom is -0.338 e. The topological polar surface area (TPSA) is 49.4 Å². The number of aryl methyl sites for hydroxylation is 3. The van der Waals surface area contributed by atoms with Crippen molar-refractivity contribution in [3.63, 3.8) is 0 Å². The summed E-state index contributed by atoms with van der Waals surface area (Å²) in [6.45, 7) is 7.17. The van der Waals surface area contributed by atoms with Crippen LogP contribution in [0, 0.1) is 19.8 Å². The van der Waals surface area contributed by atoms with Crippen molar-refractivity contribution in [1.29, 1.82) is 0 Å². The number of carbonyl (C=O) groups is 2. The standard InChI is InChI=1S/C22H26N2O2/c1-4-17-11-7-9-16(3)21(17)23-22(26)19-12-20(25)24(14-19)13-18-10-6-5-8-15(18)2/h5-11,19H,4,12-14H2,1-3H3,(H,23,26). The lowest BCUT2D eigenvalue weighted by Gasteiger charge is -2.19. The second-order valence-electron chi connectivity index (χ2n) is 7.05. The summed E-state index contributed by atoms with van der Waals surface area (Å²) < 4.78 is 0. The molecule has 26 heavy (non-hydrogen) atoms. The van der Waals surface area contributed by atoms with Gasteiger partial charge in [-0.15, -0.1) is 0 Å². The first-order valence-electron chi connectivity index (χ1n) is 9.21. The van der Waals surface area contributed by atoms with Crippen LogP contribution in [0.1, 0.15) is 35.6 Å². The third kappa shape index (κ3) is 3.79. The number of amides is 2. The van der Waals surface area contributed by atoms with E-state index in [0.29, 0.717) is 13.1 Å². The minimum absolute atomic E-state index is 0.0499. The fourth-order valence-electron chi connectivity index (χ4n) is 3.52. The molecule has 0 saturated carbocycles. The molecule has 3 rings (SSSR count). The Morgan fingerprint density at radius 2 is 1.77 bits per heavy atom. The fourth-order valence-corrected chi connectivity index (χ4v) is 3.52. The number of nitrogens with one attached hydrogen (secondary N) is 1. The van der Waals surface area contributed by atoms with E-state index in [1.807, 2.05) is 56.3 Å². The zero-order chi connectivity index (χ0) is 18.7. The fraction of sp³-hybridized carbons (Fsp3) is 0.364. The highest BCUT2D eigenvalue weighted by atomic mass is 16.2. The number of hydrogen-bond donors (Lipinski definition) is 1. The van der Waals surface area contributed by atoms with Gasteiger partial charge < -0.3 is 10.2 Å². The molecule has 2 amide bonds. The molecule has 136 valence electrons. The number of rotatable bonds is 5. The van der Waals surface area contributed by atoms with Gasteiger partial charge in [0.25, 0.3) is 0 Å². The van der Waals surface area contributed by atoms with Crippen LogP contribution in [0.4, 0.5) is 5.69 Å². The van der Waals surface area contributed by atoms with E-state index in [0.717, 1.165) is 28.8 Å². The van der Waals surface area contributed by atoms with Gasteiger partial charge in [-0.05, 0) is 42.5 Å². The summed E-state index contributed by atoms with van der Waals surface area (Å²) >= 11 is 0. The molecular formula is C22H26N2O2. The van der Waals surface area contributed by atoms with Crippen molar-refractivity contribution in [3.8, 4) is 0 Å². The number of likely N-dealkylation sites (tertiary alicyclic amines) is 1. The summed E-state index contributed by atoms with van der Waals surface area (Å²) in [7, 11) is 0. The normalized spacial score (nSPS) is 16.8. The van der Waals surface area contributed by atoms with Gasteiger partial charge in [-0.3, -0.25) is 9.59 Å². The quantitative estimate of drug-likeness (QED) is 0.890. The first-order chi connectivity index (χ1) is 12.5. The molecule has 0 spiro atoms. The highest BCUT2D eigenvalue weighted by Gasteiger charge is 2.34. The van der Waals surface area contributed by atoms with Gasteiger partial charge in [-0.2, -0.15) is 0 Å². The van der Waals surface area contributed by atoms with E-state index in [4.69, 9.17) is 0 Å². The molecule has 1 N–H and O–H groups in total. The zero-order valence-corrected chi connectivity index (χ0v) is 15.7. The van der Waals surface area contributed by atoms with Gasteiger partial charge in [0.1, 0.15) is 0 Å². The Morgan fingerprint density at radius 3 is 2.50 bits per heavy atom. The highest BCUT2D eigenvalue weighted by Crippen LogP contribution is 2.26. The Balaban J connectivity index is 1.69. The Kier molecular flexibility index (Phi) is 5.40. The summed E-state index contributed by atoms with van der Waals surface area (Å²) in [6.07, 6.45) is 1.14. The average Bonchev–Trinajstić information content (AvgIpc) is 2.99. The van der Waals surface area contributed by atoms with E-state index < -0.39 is 0 Å². The lowest BCUT2D eigenvalue weighted by atomic mass is 10.0. The Bertz CT molecular complexity index is 829. The molecule has 1 fully saturated rings. The van der Waals surface area contributed by atoms with Gasteiger partial charge in [0.2, 0.25) is 11.8 Å². The molecule has 1 unspecified atom stereocenters. The molecular weight excluding hydrogens is 324 g/mol. The van der Waals surface area contributed by atoms with Crippen molar-refractivity contribution in [2.24, 2.45) is 5.92 Å². The van der Waals surface area contributed by atoms with E-state index in [9.17, 15) is 9.59 Å². The lowest BCUT2D eigenvalue weighted by Crippen LogP contribution is -2.28. The van der Waals surface area contributed by atoms with Gasteiger partial charge in [0.15, 0.2) is 0 Å². The van der Waals surface area contributed by atoms with Crippen LogP contribution in [0.15, 0.2) is 42.5 Å². The maximum absolute atomic E-state index is 12.8. The van der Waals surface area contributed by atoms with Crippen LogP contribution in [-0.2, 0) is 22.6 Å². The molecule has 0 aromatic heterocycles. The zero-order valence-electron chi connectivity index (χ0n) is 15.7. The molecule has 1 aliphatic heterocycles. The van der Waals surface area contributed by atoms with Crippen molar-refractivity contribution >= 4 is 17.5 Å². The number of nitrogens with zero attached hydrogens (tertiary/aromatic N) is 1. The molecule has 1 saturated heterocycles. The Hall–Kier alpha value is -2.62. The minimum atomic E-state index is -0.296. The number of benzene rings is 2. The van der Waals surface area contributed by atoms with E-state index in [2.05, 4.69) is 12.2 Å². The van der Waals surface area contributed by atoms with Crippen molar-refractivity contribution < 1.29 is 9.59 Å².